The van der Waals surface area contributed by atoms with E-state index in [1.807, 2.05) is 51.1 Å². The Balaban J connectivity index is 1.40. The number of thiophene rings is 1. The molecule has 9 heteroatoms. The number of halogens is 1. The minimum atomic E-state index is -0.363. The Bertz CT molecular complexity index is 1530. The quantitative estimate of drug-likeness (QED) is 0.376. The monoisotopic (exact) mass is 486 g/mol. The number of rotatable bonds is 4. The third kappa shape index (κ3) is 3.81. The second kappa shape index (κ2) is 8.74. The van der Waals surface area contributed by atoms with E-state index in [-0.39, 0.29) is 17.8 Å². The van der Waals surface area contributed by atoms with Gasteiger partial charge in [0, 0.05) is 35.9 Å². The largest absolute Gasteiger partial charge is 0.338 e. The van der Waals surface area contributed by atoms with Gasteiger partial charge in [0.25, 0.3) is 0 Å². The lowest BCUT2D eigenvalue weighted by Gasteiger charge is -2.40. The van der Waals surface area contributed by atoms with Gasteiger partial charge in [-0.05, 0) is 42.6 Å². The number of piperazine rings is 1. The number of aromatic nitrogens is 4. The van der Waals surface area contributed by atoms with E-state index in [1.54, 1.807) is 29.5 Å². The minimum Gasteiger partial charge on any atom is -0.338 e. The summed E-state index contributed by atoms with van der Waals surface area (Å²) < 4.78 is 16.6. The summed E-state index contributed by atoms with van der Waals surface area (Å²) in [7, 11) is 0. The number of amides is 1. The maximum atomic E-state index is 14.8. The molecule has 1 aliphatic heterocycles. The van der Waals surface area contributed by atoms with Crippen molar-refractivity contribution in [3.63, 3.8) is 0 Å². The number of carbonyl (C=O) groups excluding carboxylic acids is 1. The Labute approximate surface area is 205 Å². The number of nitrogens with zero attached hydrogens (tertiary/aromatic N) is 6. The van der Waals surface area contributed by atoms with Crippen molar-refractivity contribution < 1.29 is 9.18 Å². The van der Waals surface area contributed by atoms with Gasteiger partial charge in [0.15, 0.2) is 11.5 Å². The highest BCUT2D eigenvalue weighted by atomic mass is 32.1. The first kappa shape index (κ1) is 21.7. The lowest BCUT2D eigenvalue weighted by Crippen LogP contribution is -2.55. The summed E-state index contributed by atoms with van der Waals surface area (Å²) in [5.41, 5.74) is 1.80. The van der Waals surface area contributed by atoms with Crippen molar-refractivity contribution in [3.05, 3.63) is 76.7 Å². The van der Waals surface area contributed by atoms with Crippen LogP contribution in [0, 0.1) is 5.82 Å². The summed E-state index contributed by atoms with van der Waals surface area (Å²) in [4.78, 5) is 23.1. The molecule has 1 fully saturated rings. The van der Waals surface area contributed by atoms with E-state index in [0.717, 1.165) is 15.8 Å². The molecule has 1 aliphatic rings. The van der Waals surface area contributed by atoms with E-state index in [2.05, 4.69) is 22.0 Å². The van der Waals surface area contributed by atoms with Crippen LogP contribution >= 0.6 is 11.3 Å². The van der Waals surface area contributed by atoms with Crippen LogP contribution in [-0.2, 0) is 11.2 Å². The first-order chi connectivity index (χ1) is 17.1. The molecule has 176 valence electrons. The van der Waals surface area contributed by atoms with E-state index >= 15 is 0 Å². The Hall–Kier alpha value is -3.85. The van der Waals surface area contributed by atoms with Crippen LogP contribution in [0.5, 0.6) is 0 Å². The van der Waals surface area contributed by atoms with Gasteiger partial charge >= 0.3 is 0 Å². The number of anilines is 1. The molecule has 5 aromatic rings. The van der Waals surface area contributed by atoms with Gasteiger partial charge in [-0.15, -0.1) is 21.5 Å². The first-order valence-electron chi connectivity index (χ1n) is 11.6. The summed E-state index contributed by atoms with van der Waals surface area (Å²) in [6.07, 6.45) is 0.420. The summed E-state index contributed by atoms with van der Waals surface area (Å²) >= 11 is 1.60. The fourth-order valence-electron chi connectivity index (χ4n) is 4.77. The SMILES string of the molecule is C[C@H]1CN(c2nc3ccccc3c3nnc(-c4ccccc4F)n23)CCN1C(=O)Cc1cccs1. The predicted octanol–water partition coefficient (Wildman–Crippen LogP) is 4.42. The molecule has 2 aromatic carbocycles. The molecule has 0 radical (unpaired) electrons. The van der Waals surface area contributed by atoms with E-state index < -0.39 is 0 Å². The molecule has 1 saturated heterocycles. The zero-order chi connectivity index (χ0) is 23.9. The molecule has 0 spiro atoms. The summed E-state index contributed by atoms with van der Waals surface area (Å²) in [6, 6.07) is 18.3. The van der Waals surface area contributed by atoms with Crippen LogP contribution < -0.4 is 4.90 Å². The first-order valence-corrected chi connectivity index (χ1v) is 12.4. The van der Waals surface area contributed by atoms with E-state index in [0.29, 0.717) is 49.0 Å². The van der Waals surface area contributed by atoms with Gasteiger partial charge in [-0.25, -0.2) is 13.8 Å². The smallest absolute Gasteiger partial charge is 0.228 e. The van der Waals surface area contributed by atoms with E-state index in [4.69, 9.17) is 4.98 Å². The molecule has 35 heavy (non-hydrogen) atoms. The van der Waals surface area contributed by atoms with Crippen LogP contribution in [0.15, 0.2) is 66.0 Å². The second-order valence-corrected chi connectivity index (χ2v) is 9.76. The number of benzene rings is 2. The van der Waals surface area contributed by atoms with Gasteiger partial charge < -0.3 is 9.80 Å². The standard InChI is InChI=1S/C26H23FN6OS/c1-17-16-31(12-13-32(17)23(34)15-18-7-6-14-35-18)26-28-22-11-5-3-9-20(22)25-30-29-24(33(25)26)19-8-2-4-10-21(19)27/h2-11,14,17H,12-13,15-16H2,1H3/t17-/m0/s1. The van der Waals surface area contributed by atoms with Crippen molar-refractivity contribution in [3.8, 4) is 11.4 Å². The van der Waals surface area contributed by atoms with E-state index in [1.165, 1.54) is 6.07 Å². The van der Waals surface area contributed by atoms with Gasteiger partial charge in [-0.1, -0.05) is 30.3 Å². The molecule has 1 atom stereocenters. The molecule has 0 N–H and O–H groups in total. The van der Waals surface area contributed by atoms with Gasteiger partial charge in [0.1, 0.15) is 5.82 Å². The average molecular weight is 487 g/mol. The predicted molar refractivity (Wildman–Crippen MR) is 135 cm³/mol. The third-order valence-corrected chi connectivity index (χ3v) is 7.36. The van der Waals surface area contributed by atoms with Crippen molar-refractivity contribution >= 4 is 39.7 Å². The Morgan fingerprint density at radius 2 is 1.89 bits per heavy atom. The van der Waals surface area contributed by atoms with Crippen molar-refractivity contribution in [2.75, 3.05) is 24.5 Å². The van der Waals surface area contributed by atoms with Gasteiger partial charge in [0.05, 0.1) is 17.5 Å². The van der Waals surface area contributed by atoms with Crippen molar-refractivity contribution in [1.82, 2.24) is 24.5 Å². The van der Waals surface area contributed by atoms with E-state index in [9.17, 15) is 9.18 Å². The van der Waals surface area contributed by atoms with Crippen LogP contribution in [-0.4, -0.2) is 56.1 Å². The topological polar surface area (TPSA) is 66.6 Å². The molecule has 3 aromatic heterocycles. The summed E-state index contributed by atoms with van der Waals surface area (Å²) in [5, 5.41) is 11.7. The highest BCUT2D eigenvalue weighted by Gasteiger charge is 2.30. The highest BCUT2D eigenvalue weighted by molar-refractivity contribution is 7.10. The molecule has 0 unspecified atom stereocenters. The summed E-state index contributed by atoms with van der Waals surface area (Å²) in [5.74, 6) is 0.834. The van der Waals surface area contributed by atoms with Crippen molar-refractivity contribution in [2.24, 2.45) is 0 Å². The molecule has 0 aliphatic carbocycles. The molecule has 0 bridgehead atoms. The highest BCUT2D eigenvalue weighted by Crippen LogP contribution is 2.30. The van der Waals surface area contributed by atoms with Crippen LogP contribution in [0.1, 0.15) is 11.8 Å². The Kier molecular flexibility index (Phi) is 5.41. The normalized spacial score (nSPS) is 16.3. The zero-order valence-corrected chi connectivity index (χ0v) is 20.0. The molecule has 0 saturated carbocycles. The van der Waals surface area contributed by atoms with Crippen LogP contribution in [0.4, 0.5) is 10.3 Å². The number of fused-ring (bicyclic) bond motifs is 3. The van der Waals surface area contributed by atoms with Crippen LogP contribution in [0.3, 0.4) is 0 Å². The molecule has 4 heterocycles. The third-order valence-electron chi connectivity index (χ3n) is 6.48. The number of para-hydroxylation sites is 1. The maximum Gasteiger partial charge on any atom is 0.228 e. The number of carbonyl (C=O) groups is 1. The molecule has 1 amide bonds. The van der Waals surface area contributed by atoms with Crippen molar-refractivity contribution in [1.29, 1.82) is 0 Å². The average Bonchev–Trinajstić information content (AvgIpc) is 3.54. The molecular weight excluding hydrogens is 463 g/mol. The number of hydrogen-bond donors (Lipinski definition) is 0. The lowest BCUT2D eigenvalue weighted by molar-refractivity contribution is -0.132. The lowest BCUT2D eigenvalue weighted by atomic mass is 10.1. The van der Waals surface area contributed by atoms with Crippen LogP contribution in [0.25, 0.3) is 27.9 Å². The molecular formula is C26H23FN6OS. The Morgan fingerprint density at radius 3 is 2.69 bits per heavy atom. The zero-order valence-electron chi connectivity index (χ0n) is 19.1. The van der Waals surface area contributed by atoms with Gasteiger partial charge in [-0.3, -0.25) is 4.79 Å². The van der Waals surface area contributed by atoms with Gasteiger partial charge in [0.2, 0.25) is 11.9 Å². The fourth-order valence-corrected chi connectivity index (χ4v) is 5.46. The molecule has 7 nitrogen and oxygen atoms in total. The second-order valence-electron chi connectivity index (χ2n) is 8.73. The molecule has 6 rings (SSSR count). The van der Waals surface area contributed by atoms with Crippen LogP contribution in [0.2, 0.25) is 0 Å². The number of hydrogen-bond acceptors (Lipinski definition) is 6. The fraction of sp³-hybridized carbons (Fsp3) is 0.231. The maximum absolute atomic E-state index is 14.8. The Morgan fingerprint density at radius 1 is 1.06 bits per heavy atom. The van der Waals surface area contributed by atoms with Crippen molar-refractivity contribution in [2.45, 2.75) is 19.4 Å². The minimum absolute atomic E-state index is 0.00655. The summed E-state index contributed by atoms with van der Waals surface area (Å²) in [6.45, 7) is 3.85. The van der Waals surface area contributed by atoms with Gasteiger partial charge in [-0.2, -0.15) is 0 Å².